The van der Waals surface area contributed by atoms with Gasteiger partial charge in [0.15, 0.2) is 0 Å². The van der Waals surface area contributed by atoms with E-state index in [-0.39, 0.29) is 45.2 Å². The van der Waals surface area contributed by atoms with Crippen molar-refractivity contribution in [1.29, 1.82) is 0 Å². The third-order valence-electron chi connectivity index (χ3n) is 13.3. The molecule has 5 atom stereocenters. The van der Waals surface area contributed by atoms with E-state index in [2.05, 4.69) is 20.5 Å². The number of alkyl carbamates (subject to hydrolysis) is 1. The molecule has 0 aliphatic carbocycles. The van der Waals surface area contributed by atoms with E-state index in [0.717, 1.165) is 18.8 Å². The number of pyridine rings is 1. The summed E-state index contributed by atoms with van der Waals surface area (Å²) in [6.45, 7) is 16.1. The van der Waals surface area contributed by atoms with Crippen molar-refractivity contribution < 1.29 is 61.1 Å². The lowest BCUT2D eigenvalue weighted by Crippen LogP contribution is -2.61. The number of ether oxygens (including phenoxy) is 5. The summed E-state index contributed by atoms with van der Waals surface area (Å²) in [5.74, 6) is -2.13. The molecule has 0 radical (unpaired) electrons. The van der Waals surface area contributed by atoms with Crippen molar-refractivity contribution in [3.05, 3.63) is 41.7 Å². The topological polar surface area (TPSA) is 190 Å². The summed E-state index contributed by atoms with van der Waals surface area (Å²) in [5.41, 5.74) is 4.85. The number of fused-ring (bicyclic) bond motifs is 2. The lowest BCUT2D eigenvalue weighted by atomic mass is 9.84. The molecule has 3 aromatic rings. The zero-order valence-electron chi connectivity index (χ0n) is 41.5. The van der Waals surface area contributed by atoms with Crippen LogP contribution in [0.1, 0.15) is 85.1 Å². The van der Waals surface area contributed by atoms with Gasteiger partial charge in [-0.25, -0.2) is 10.2 Å². The van der Waals surface area contributed by atoms with Crippen molar-refractivity contribution in [3.8, 4) is 11.3 Å². The first-order valence-electron chi connectivity index (χ1n) is 24.1. The molecule has 4 unspecified atom stereocenters. The molecule has 3 N–H and O–H groups in total. The van der Waals surface area contributed by atoms with Gasteiger partial charge in [-0.05, 0) is 76.8 Å². The predicted molar refractivity (Wildman–Crippen MR) is 254 cm³/mol. The summed E-state index contributed by atoms with van der Waals surface area (Å²) in [7, 11) is 1.54. The summed E-state index contributed by atoms with van der Waals surface area (Å²) in [6, 6.07) is 5.29. The van der Waals surface area contributed by atoms with E-state index < -0.39 is 72.0 Å². The molecule has 21 heteroatoms. The Morgan fingerprint density at radius 3 is 2.44 bits per heavy atom. The molecule has 4 fully saturated rings. The third kappa shape index (κ3) is 13.0. The molecular formula is C49H69F3N8O10. The number of carboxylic acid groups (broad SMARTS) is 1. The van der Waals surface area contributed by atoms with Gasteiger partial charge >= 0.3 is 24.2 Å². The molecule has 4 aliphatic heterocycles. The number of aromatic nitrogens is 2. The molecular weight excluding hydrogens is 918 g/mol. The van der Waals surface area contributed by atoms with Crippen LogP contribution in [0.15, 0.2) is 30.5 Å². The fraction of sp³-hybridized carbons (Fsp3) is 0.653. The number of amides is 2. The lowest BCUT2D eigenvalue weighted by Gasteiger charge is -2.44. The van der Waals surface area contributed by atoms with Crippen molar-refractivity contribution in [1.82, 2.24) is 30.2 Å². The number of halogens is 3. The molecule has 386 valence electrons. The first-order valence-corrected chi connectivity index (χ1v) is 24.1. The van der Waals surface area contributed by atoms with E-state index in [1.54, 1.807) is 39.1 Å². The van der Waals surface area contributed by atoms with Crippen LogP contribution in [-0.4, -0.2) is 164 Å². The number of nitrogens with one attached hydrogen (secondary N) is 2. The Kier molecular flexibility index (Phi) is 16.3. The third-order valence-corrected chi connectivity index (χ3v) is 13.3. The van der Waals surface area contributed by atoms with E-state index in [9.17, 15) is 24.3 Å². The van der Waals surface area contributed by atoms with E-state index in [0.29, 0.717) is 84.8 Å². The molecule has 0 saturated carbocycles. The number of nitrogens with zero attached hydrogens (tertiary/aromatic N) is 6. The highest BCUT2D eigenvalue weighted by Gasteiger charge is 2.39. The van der Waals surface area contributed by atoms with Gasteiger partial charge in [-0.3, -0.25) is 29.3 Å². The second-order valence-corrected chi connectivity index (χ2v) is 20.6. The van der Waals surface area contributed by atoms with Gasteiger partial charge in [-0.15, -0.1) is 0 Å². The summed E-state index contributed by atoms with van der Waals surface area (Å²) in [4.78, 5) is 62.8. The Balaban J connectivity index is 1.30. The second-order valence-electron chi connectivity index (χ2n) is 20.6. The van der Waals surface area contributed by atoms with Crippen LogP contribution < -0.4 is 20.5 Å². The summed E-state index contributed by atoms with van der Waals surface area (Å²) in [5, 5.41) is 14.2. The van der Waals surface area contributed by atoms with Crippen LogP contribution in [0, 0.1) is 5.41 Å². The Bertz CT molecular complexity index is 2370. The number of methoxy groups -OCH3 is 1. The van der Waals surface area contributed by atoms with Crippen molar-refractivity contribution in [2.24, 2.45) is 5.41 Å². The Hall–Kier alpha value is -5.22. The van der Waals surface area contributed by atoms with Crippen LogP contribution in [-0.2, 0) is 51.0 Å². The maximum absolute atomic E-state index is 15.0. The quantitative estimate of drug-likeness (QED) is 0.157. The van der Waals surface area contributed by atoms with Gasteiger partial charge in [0.2, 0.25) is 0 Å². The number of morpholine rings is 2. The zero-order chi connectivity index (χ0) is 50.7. The number of carboxylic acids is 1. The number of hydrogen-bond acceptors (Lipinski definition) is 14. The van der Waals surface area contributed by atoms with Gasteiger partial charge in [0.05, 0.1) is 67.9 Å². The minimum Gasteiger partial charge on any atom is -0.480 e. The summed E-state index contributed by atoms with van der Waals surface area (Å²) in [6.07, 6.45) is -3.95. The highest BCUT2D eigenvalue weighted by Crippen LogP contribution is 2.44. The highest BCUT2D eigenvalue weighted by atomic mass is 19.4. The zero-order valence-corrected chi connectivity index (χ0v) is 41.5. The average Bonchev–Trinajstić information content (AvgIpc) is 3.58. The molecule has 7 rings (SSSR count). The number of carbonyl (C=O) groups is 4. The monoisotopic (exact) mass is 987 g/mol. The van der Waals surface area contributed by atoms with Crippen LogP contribution in [0.25, 0.3) is 22.2 Å². The van der Waals surface area contributed by atoms with Crippen molar-refractivity contribution in [2.75, 3.05) is 89.2 Å². The molecule has 2 aromatic heterocycles. The number of hydrazine groups is 1. The van der Waals surface area contributed by atoms with Crippen molar-refractivity contribution in [3.63, 3.8) is 0 Å². The average molecular weight is 987 g/mol. The van der Waals surface area contributed by atoms with Gasteiger partial charge in [0, 0.05) is 93.8 Å². The summed E-state index contributed by atoms with van der Waals surface area (Å²) >= 11 is 0. The number of carbonyl (C=O) groups excluding carboxylic acids is 3. The van der Waals surface area contributed by atoms with E-state index >= 15 is 13.2 Å². The van der Waals surface area contributed by atoms with Crippen LogP contribution in [0.4, 0.5) is 29.3 Å². The first kappa shape index (κ1) is 52.6. The van der Waals surface area contributed by atoms with Gasteiger partial charge in [-0.2, -0.15) is 13.2 Å². The van der Waals surface area contributed by atoms with E-state index in [4.69, 9.17) is 28.7 Å². The fourth-order valence-corrected chi connectivity index (χ4v) is 9.85. The molecule has 6 heterocycles. The SMILES string of the molecule is CO[C@@H](C)c1ncc(N2CCN3CCOCC3C2)cc1-c1c(CC(C)(C)COC(C)=O)c2cc(N3CCOC(CC(NC(=O)OC(C)(C)C)C(=O)N4CCCC(C(=O)O)N4)C3)ccc2n1CC(F)(F)F. The predicted octanol–water partition coefficient (Wildman–Crippen LogP) is 5.69. The van der Waals surface area contributed by atoms with Crippen molar-refractivity contribution in [2.45, 2.75) is 123 Å². The fourth-order valence-electron chi connectivity index (χ4n) is 9.85. The first-order chi connectivity index (χ1) is 33.0. The largest absolute Gasteiger partial charge is 0.480 e. The number of rotatable bonds is 15. The number of hydrogen-bond donors (Lipinski definition) is 3. The number of alkyl halides is 3. The van der Waals surface area contributed by atoms with E-state index in [1.807, 2.05) is 37.8 Å². The Morgan fingerprint density at radius 1 is 0.986 bits per heavy atom. The molecule has 70 heavy (non-hydrogen) atoms. The molecule has 0 bridgehead atoms. The summed E-state index contributed by atoms with van der Waals surface area (Å²) < 4.78 is 75.3. The number of esters is 1. The van der Waals surface area contributed by atoms with Gasteiger partial charge in [0.25, 0.3) is 5.91 Å². The maximum atomic E-state index is 15.0. The van der Waals surface area contributed by atoms with Crippen molar-refractivity contribution >= 4 is 46.2 Å². The maximum Gasteiger partial charge on any atom is 0.408 e. The minimum absolute atomic E-state index is 0.00105. The Morgan fingerprint density at radius 2 is 1.74 bits per heavy atom. The number of piperazine rings is 1. The number of anilines is 2. The van der Waals surface area contributed by atoms with Gasteiger partial charge in [0.1, 0.15) is 24.2 Å². The number of benzene rings is 1. The molecule has 1 aromatic carbocycles. The molecule has 4 aliphatic rings. The van der Waals surface area contributed by atoms with Crippen LogP contribution in [0.5, 0.6) is 0 Å². The minimum atomic E-state index is -4.63. The van der Waals surface area contributed by atoms with Crippen LogP contribution in [0.2, 0.25) is 0 Å². The highest BCUT2D eigenvalue weighted by molar-refractivity contribution is 5.95. The Labute approximate surface area is 407 Å². The van der Waals surface area contributed by atoms with Gasteiger partial charge < -0.3 is 48.5 Å². The molecule has 0 spiro atoms. The normalized spacial score (nSPS) is 21.5. The molecule has 18 nitrogen and oxygen atoms in total. The molecule has 4 saturated heterocycles. The number of aliphatic carboxylic acids is 1. The van der Waals surface area contributed by atoms with Crippen LogP contribution in [0.3, 0.4) is 0 Å². The van der Waals surface area contributed by atoms with Crippen LogP contribution >= 0.6 is 0 Å². The standard InChI is InChI=1S/C49H69F3N8O10/c1-30(66-8)42-37(21-33(24-53-42)57-15-14-56-16-18-67-27-34(56)25-57)43-38(23-48(6,7)29-69-31(2)61)36-20-32(11-12-41(36)59(43)28-49(50,51)52)58-17-19-68-35(26-58)22-40(54-46(65)70-47(3,4)5)44(62)60-13-9-10-39(55-60)45(63)64/h11-12,20-21,24,30,34-35,39-40,55H,9-10,13-19,22-23,25-29H2,1-8H3,(H,54,65)(H,63,64)/t30-,34?,35?,39?,40?/m0/s1. The van der Waals surface area contributed by atoms with Gasteiger partial charge in [-0.1, -0.05) is 13.8 Å². The second kappa shape index (κ2) is 21.6. The lowest BCUT2D eigenvalue weighted by molar-refractivity contribution is -0.148. The smallest absolute Gasteiger partial charge is 0.408 e. The van der Waals surface area contributed by atoms with E-state index in [1.165, 1.54) is 23.6 Å². The molecule has 2 amide bonds.